The van der Waals surface area contributed by atoms with E-state index in [-0.39, 0.29) is 22.9 Å². The number of aromatic nitrogens is 7. The fourth-order valence-corrected chi connectivity index (χ4v) is 4.22. The van der Waals surface area contributed by atoms with Gasteiger partial charge in [0, 0.05) is 35.8 Å². The van der Waals surface area contributed by atoms with E-state index in [9.17, 15) is 4.39 Å². The second kappa shape index (κ2) is 8.49. The number of benzene rings is 1. The molecule has 5 aromatic heterocycles. The van der Waals surface area contributed by atoms with E-state index < -0.39 is 5.82 Å². The monoisotopic (exact) mass is 482 g/mol. The van der Waals surface area contributed by atoms with Crippen LogP contribution in [0.5, 0.6) is 0 Å². The van der Waals surface area contributed by atoms with Crippen molar-refractivity contribution >= 4 is 27.8 Å². The number of H-pyrrole nitrogens is 2. The van der Waals surface area contributed by atoms with E-state index in [1.54, 1.807) is 30.7 Å². The summed E-state index contributed by atoms with van der Waals surface area (Å²) >= 11 is 0. The molecule has 0 bridgehead atoms. The lowest BCUT2D eigenvalue weighted by Gasteiger charge is -2.11. The minimum absolute atomic E-state index is 0.159. The van der Waals surface area contributed by atoms with Gasteiger partial charge in [-0.3, -0.25) is 15.1 Å². The van der Waals surface area contributed by atoms with Gasteiger partial charge >= 0.3 is 0 Å². The van der Waals surface area contributed by atoms with Crippen LogP contribution in [0.4, 0.5) is 14.5 Å². The number of anilines is 1. The van der Waals surface area contributed by atoms with Gasteiger partial charge in [-0.1, -0.05) is 12.1 Å². The largest absolute Gasteiger partial charge is 0.382 e. The zero-order valence-corrected chi connectivity index (χ0v) is 19.3. The van der Waals surface area contributed by atoms with Gasteiger partial charge < -0.3 is 10.3 Å². The van der Waals surface area contributed by atoms with Gasteiger partial charge in [0.1, 0.15) is 17.2 Å². The molecule has 6 rings (SSSR count). The zero-order valence-electron chi connectivity index (χ0n) is 19.3. The first-order valence-corrected chi connectivity index (χ1v) is 11.3. The number of hydrogen-bond donors (Lipinski definition) is 3. The Morgan fingerprint density at radius 1 is 0.917 bits per heavy atom. The molecule has 0 saturated carbocycles. The van der Waals surface area contributed by atoms with Gasteiger partial charge in [-0.05, 0) is 43.7 Å². The van der Waals surface area contributed by atoms with Crippen LogP contribution in [0.3, 0.4) is 0 Å². The Balaban J connectivity index is 1.48. The van der Waals surface area contributed by atoms with Gasteiger partial charge in [-0.15, -0.1) is 0 Å². The highest BCUT2D eigenvalue weighted by molar-refractivity contribution is 5.97. The first-order valence-electron chi connectivity index (χ1n) is 11.3. The molecule has 36 heavy (non-hydrogen) atoms. The van der Waals surface area contributed by atoms with E-state index in [1.165, 1.54) is 18.3 Å². The van der Waals surface area contributed by atoms with Gasteiger partial charge in [-0.25, -0.2) is 18.7 Å². The van der Waals surface area contributed by atoms with Crippen LogP contribution in [0.1, 0.15) is 13.8 Å². The second-order valence-electron chi connectivity index (χ2n) is 8.69. The molecule has 0 aliphatic rings. The Labute approximate surface area is 203 Å². The molecular weight excluding hydrogens is 462 g/mol. The van der Waals surface area contributed by atoms with Crippen molar-refractivity contribution in [3.8, 4) is 33.9 Å². The van der Waals surface area contributed by atoms with Crippen molar-refractivity contribution in [2.45, 2.75) is 19.9 Å². The summed E-state index contributed by atoms with van der Waals surface area (Å²) in [6.07, 6.45) is 6.42. The van der Waals surface area contributed by atoms with E-state index in [0.717, 1.165) is 16.8 Å². The molecule has 0 fully saturated rings. The maximum Gasteiger partial charge on any atom is 0.178 e. The van der Waals surface area contributed by atoms with Crippen LogP contribution in [0.2, 0.25) is 0 Å². The number of pyridine rings is 3. The Morgan fingerprint density at radius 3 is 2.56 bits per heavy atom. The summed E-state index contributed by atoms with van der Waals surface area (Å²) < 4.78 is 29.3. The molecule has 0 radical (unpaired) electrons. The van der Waals surface area contributed by atoms with E-state index in [4.69, 9.17) is 0 Å². The standard InChI is InChI=1S/C26H20F2N8/c1-13(2)32-17-9-15(10-29-11-17)22-21(28)20-19(12-31-22)35-36-24(20)26-33-23-18(7-8-30-25(23)34-26)14-3-5-16(27)6-4-14/h3-13,32H,1-2H3,(H,35,36)(H,30,33,34). The molecule has 1 aromatic carbocycles. The van der Waals surface area contributed by atoms with Crippen molar-refractivity contribution in [1.29, 1.82) is 0 Å². The average Bonchev–Trinajstić information content (AvgIpc) is 3.49. The summed E-state index contributed by atoms with van der Waals surface area (Å²) in [5.41, 5.74) is 4.88. The predicted octanol–water partition coefficient (Wildman–Crippen LogP) is 5.72. The molecule has 0 unspecified atom stereocenters. The number of nitrogens with one attached hydrogen (secondary N) is 3. The second-order valence-corrected chi connectivity index (χ2v) is 8.69. The van der Waals surface area contributed by atoms with Gasteiger partial charge in [-0.2, -0.15) is 5.10 Å². The van der Waals surface area contributed by atoms with Crippen molar-refractivity contribution in [2.75, 3.05) is 5.32 Å². The van der Waals surface area contributed by atoms with Crippen molar-refractivity contribution < 1.29 is 8.78 Å². The molecular formula is C26H20F2N8. The highest BCUT2D eigenvalue weighted by Crippen LogP contribution is 2.34. The van der Waals surface area contributed by atoms with E-state index >= 15 is 4.39 Å². The number of nitrogens with zero attached hydrogens (tertiary/aromatic N) is 5. The minimum Gasteiger partial charge on any atom is -0.382 e. The number of fused-ring (bicyclic) bond motifs is 2. The molecule has 0 spiro atoms. The van der Waals surface area contributed by atoms with Crippen LogP contribution in [0, 0.1) is 11.6 Å². The molecule has 3 N–H and O–H groups in total. The highest BCUT2D eigenvalue weighted by atomic mass is 19.1. The summed E-state index contributed by atoms with van der Waals surface area (Å²) in [7, 11) is 0. The quantitative estimate of drug-likeness (QED) is 0.290. The molecule has 0 amide bonds. The van der Waals surface area contributed by atoms with Crippen LogP contribution >= 0.6 is 0 Å². The summed E-state index contributed by atoms with van der Waals surface area (Å²) in [6.45, 7) is 4.03. The van der Waals surface area contributed by atoms with Crippen LogP contribution in [0.15, 0.2) is 61.2 Å². The molecule has 8 nitrogen and oxygen atoms in total. The Hall–Kier alpha value is -4.73. The maximum absolute atomic E-state index is 15.9. The summed E-state index contributed by atoms with van der Waals surface area (Å²) in [6, 6.07) is 9.97. The number of imidazole rings is 1. The molecule has 10 heteroatoms. The summed E-state index contributed by atoms with van der Waals surface area (Å²) in [5, 5.41) is 10.7. The SMILES string of the molecule is CC(C)Nc1cncc(-c2ncc3[nH]nc(-c4nc5nccc(-c6ccc(F)cc6)c5[nH]4)c3c2F)c1. The van der Waals surface area contributed by atoms with Crippen molar-refractivity contribution in [3.63, 3.8) is 0 Å². The molecule has 178 valence electrons. The van der Waals surface area contributed by atoms with Gasteiger partial charge in [0.25, 0.3) is 0 Å². The molecule has 0 aliphatic carbocycles. The Morgan fingerprint density at radius 2 is 1.75 bits per heavy atom. The molecule has 0 aliphatic heterocycles. The van der Waals surface area contributed by atoms with Gasteiger partial charge in [0.15, 0.2) is 17.3 Å². The lowest BCUT2D eigenvalue weighted by Crippen LogP contribution is -2.09. The maximum atomic E-state index is 15.9. The third-order valence-electron chi connectivity index (χ3n) is 5.78. The fraction of sp³-hybridized carbons (Fsp3) is 0.115. The zero-order chi connectivity index (χ0) is 24.8. The van der Waals surface area contributed by atoms with Crippen molar-refractivity contribution in [1.82, 2.24) is 35.1 Å². The lowest BCUT2D eigenvalue weighted by molar-refractivity contribution is 0.628. The Kier molecular flexibility index (Phi) is 5.14. The number of aromatic amines is 2. The molecule has 0 saturated heterocycles. The van der Waals surface area contributed by atoms with E-state index in [0.29, 0.717) is 33.8 Å². The van der Waals surface area contributed by atoms with E-state index in [2.05, 4.69) is 40.4 Å². The normalized spacial score (nSPS) is 11.6. The summed E-state index contributed by atoms with van der Waals surface area (Å²) in [4.78, 5) is 20.7. The first-order chi connectivity index (χ1) is 17.5. The predicted molar refractivity (Wildman–Crippen MR) is 134 cm³/mol. The van der Waals surface area contributed by atoms with Crippen LogP contribution in [-0.4, -0.2) is 41.2 Å². The lowest BCUT2D eigenvalue weighted by atomic mass is 10.1. The average molecular weight is 482 g/mol. The number of hydrogen-bond acceptors (Lipinski definition) is 6. The van der Waals surface area contributed by atoms with E-state index in [1.807, 2.05) is 26.0 Å². The summed E-state index contributed by atoms with van der Waals surface area (Å²) in [5.74, 6) is -0.507. The number of rotatable bonds is 5. The highest BCUT2D eigenvalue weighted by Gasteiger charge is 2.21. The number of halogens is 2. The van der Waals surface area contributed by atoms with Gasteiger partial charge in [0.05, 0.1) is 28.3 Å². The topological polar surface area (TPSA) is 108 Å². The third kappa shape index (κ3) is 3.72. The molecule has 6 aromatic rings. The molecule has 5 heterocycles. The van der Waals surface area contributed by atoms with Crippen LogP contribution < -0.4 is 5.32 Å². The van der Waals surface area contributed by atoms with Gasteiger partial charge in [0.2, 0.25) is 0 Å². The minimum atomic E-state index is -0.535. The first kappa shape index (κ1) is 21.8. The third-order valence-corrected chi connectivity index (χ3v) is 5.78. The fourth-order valence-electron chi connectivity index (χ4n) is 4.22. The van der Waals surface area contributed by atoms with Crippen molar-refractivity contribution in [3.05, 3.63) is 72.8 Å². The van der Waals surface area contributed by atoms with Crippen LogP contribution in [0.25, 0.3) is 56.0 Å². The van der Waals surface area contributed by atoms with Crippen LogP contribution in [-0.2, 0) is 0 Å². The molecule has 0 atom stereocenters. The van der Waals surface area contributed by atoms with Crippen molar-refractivity contribution in [2.24, 2.45) is 0 Å². The Bertz CT molecular complexity index is 1720. The smallest absolute Gasteiger partial charge is 0.178 e.